The number of hydrogen-bond donors (Lipinski definition) is 0. The summed E-state index contributed by atoms with van der Waals surface area (Å²) in [4.78, 5) is 4.56. The summed E-state index contributed by atoms with van der Waals surface area (Å²) in [5.41, 5.74) is 2.43. The van der Waals surface area contributed by atoms with Gasteiger partial charge in [0.25, 0.3) is 0 Å². The molecule has 4 heteroatoms. The van der Waals surface area contributed by atoms with E-state index in [0.29, 0.717) is 11.4 Å². The van der Waals surface area contributed by atoms with Gasteiger partial charge in [0.2, 0.25) is 0 Å². The van der Waals surface area contributed by atoms with Crippen LogP contribution in [0.15, 0.2) is 12.1 Å². The summed E-state index contributed by atoms with van der Waals surface area (Å²) in [6.45, 7) is 7.22. The van der Waals surface area contributed by atoms with Crippen LogP contribution in [0.1, 0.15) is 44.5 Å². The van der Waals surface area contributed by atoms with E-state index in [-0.39, 0.29) is 5.82 Å². The van der Waals surface area contributed by atoms with E-state index in [1.807, 2.05) is 6.07 Å². The average molecular weight is 311 g/mol. The molecule has 1 heterocycles. The number of unbranched alkanes of at least 4 members (excludes halogenated alkanes) is 1. The Morgan fingerprint density at radius 3 is 2.71 bits per heavy atom. The van der Waals surface area contributed by atoms with E-state index in [1.54, 1.807) is 6.92 Å². The van der Waals surface area contributed by atoms with Crippen LogP contribution in [0, 0.1) is 18.7 Å². The van der Waals surface area contributed by atoms with Crippen LogP contribution >= 0.6 is 11.6 Å². The van der Waals surface area contributed by atoms with Gasteiger partial charge in [-0.05, 0) is 30.9 Å². The molecular formula is C17H24ClFN2. The fourth-order valence-electron chi connectivity index (χ4n) is 2.65. The lowest BCUT2D eigenvalue weighted by Crippen LogP contribution is -2.05. The SMILES string of the molecule is Cc1cc2c(cc1F)nc(CCCl)n2CCCCC(C)C. The molecule has 2 nitrogen and oxygen atoms in total. The van der Waals surface area contributed by atoms with Crippen LogP contribution in [0.2, 0.25) is 0 Å². The Labute approximate surface area is 131 Å². The predicted molar refractivity (Wildman–Crippen MR) is 87.5 cm³/mol. The van der Waals surface area contributed by atoms with Gasteiger partial charge < -0.3 is 4.57 Å². The molecule has 0 bridgehead atoms. The molecule has 2 rings (SSSR count). The first kappa shape index (κ1) is 16.3. The molecule has 0 radical (unpaired) electrons. The number of aryl methyl sites for hydroxylation is 3. The molecule has 0 N–H and O–H groups in total. The summed E-state index contributed by atoms with van der Waals surface area (Å²) in [7, 11) is 0. The molecule has 2 aromatic rings. The minimum Gasteiger partial charge on any atom is -0.328 e. The highest BCUT2D eigenvalue weighted by Crippen LogP contribution is 2.22. The molecule has 0 aliphatic carbocycles. The second-order valence-corrected chi connectivity index (χ2v) is 6.48. The van der Waals surface area contributed by atoms with E-state index >= 15 is 0 Å². The average Bonchev–Trinajstić information content (AvgIpc) is 2.73. The van der Waals surface area contributed by atoms with Crippen molar-refractivity contribution < 1.29 is 4.39 Å². The summed E-state index contributed by atoms with van der Waals surface area (Å²) in [6.07, 6.45) is 4.29. The second kappa shape index (κ2) is 7.26. The monoisotopic (exact) mass is 310 g/mol. The van der Waals surface area contributed by atoms with Gasteiger partial charge in [-0.2, -0.15) is 0 Å². The van der Waals surface area contributed by atoms with Gasteiger partial charge in [0.05, 0.1) is 11.0 Å². The van der Waals surface area contributed by atoms with Gasteiger partial charge in [-0.3, -0.25) is 0 Å². The summed E-state index contributed by atoms with van der Waals surface area (Å²) in [6, 6.07) is 3.44. The molecule has 0 saturated carbocycles. The van der Waals surface area contributed by atoms with Crippen molar-refractivity contribution in [2.24, 2.45) is 5.92 Å². The minimum atomic E-state index is -0.190. The van der Waals surface area contributed by atoms with Crippen molar-refractivity contribution in [1.29, 1.82) is 0 Å². The predicted octanol–water partition coefficient (Wildman–Crippen LogP) is 5.09. The van der Waals surface area contributed by atoms with Crippen molar-refractivity contribution >= 4 is 22.6 Å². The third-order valence-corrected chi connectivity index (χ3v) is 4.03. The van der Waals surface area contributed by atoms with Crippen LogP contribution in [0.25, 0.3) is 11.0 Å². The Morgan fingerprint density at radius 2 is 2.05 bits per heavy atom. The van der Waals surface area contributed by atoms with Gasteiger partial charge in [-0.15, -0.1) is 11.6 Å². The van der Waals surface area contributed by atoms with Gasteiger partial charge in [0.1, 0.15) is 11.6 Å². The maximum absolute atomic E-state index is 13.7. The first-order chi connectivity index (χ1) is 10.0. The summed E-state index contributed by atoms with van der Waals surface area (Å²) < 4.78 is 15.9. The standard InChI is InChI=1S/C17H24ClFN2/c1-12(2)6-4-5-9-21-16-10-13(3)14(19)11-15(16)20-17(21)7-8-18/h10-12H,4-9H2,1-3H3. The molecule has 0 atom stereocenters. The molecule has 0 spiro atoms. The number of benzene rings is 1. The van der Waals surface area contributed by atoms with E-state index in [1.165, 1.54) is 18.9 Å². The summed E-state index contributed by atoms with van der Waals surface area (Å²) >= 11 is 5.87. The first-order valence-corrected chi connectivity index (χ1v) is 8.27. The van der Waals surface area contributed by atoms with Crippen LogP contribution in [-0.4, -0.2) is 15.4 Å². The van der Waals surface area contributed by atoms with E-state index in [9.17, 15) is 4.39 Å². The van der Waals surface area contributed by atoms with E-state index in [4.69, 9.17) is 11.6 Å². The molecule has 1 aromatic heterocycles. The van der Waals surface area contributed by atoms with Crippen molar-refractivity contribution in [2.75, 3.05) is 5.88 Å². The fraction of sp³-hybridized carbons (Fsp3) is 0.588. The van der Waals surface area contributed by atoms with Crippen molar-refractivity contribution in [2.45, 2.75) is 53.0 Å². The Hall–Kier alpha value is -1.09. The molecule has 21 heavy (non-hydrogen) atoms. The van der Waals surface area contributed by atoms with Crippen molar-refractivity contribution in [1.82, 2.24) is 9.55 Å². The first-order valence-electron chi connectivity index (χ1n) is 7.74. The summed E-state index contributed by atoms with van der Waals surface area (Å²) in [5, 5.41) is 0. The summed E-state index contributed by atoms with van der Waals surface area (Å²) in [5.74, 6) is 2.05. The van der Waals surface area contributed by atoms with Crippen LogP contribution in [-0.2, 0) is 13.0 Å². The third-order valence-electron chi connectivity index (χ3n) is 3.84. The molecule has 116 valence electrons. The molecular weight excluding hydrogens is 287 g/mol. The minimum absolute atomic E-state index is 0.190. The maximum atomic E-state index is 13.7. The number of hydrogen-bond acceptors (Lipinski definition) is 1. The van der Waals surface area contributed by atoms with Crippen LogP contribution in [0.3, 0.4) is 0 Å². The highest BCUT2D eigenvalue weighted by molar-refractivity contribution is 6.17. The van der Waals surface area contributed by atoms with E-state index in [0.717, 1.165) is 42.2 Å². The Morgan fingerprint density at radius 1 is 1.29 bits per heavy atom. The molecule has 0 aliphatic rings. The van der Waals surface area contributed by atoms with Crippen LogP contribution in [0.4, 0.5) is 4.39 Å². The van der Waals surface area contributed by atoms with Crippen LogP contribution < -0.4 is 0 Å². The lowest BCUT2D eigenvalue weighted by Gasteiger charge is -2.10. The molecule has 0 aliphatic heterocycles. The quantitative estimate of drug-likeness (QED) is 0.514. The molecule has 0 fully saturated rings. The molecule has 0 amide bonds. The number of aromatic nitrogens is 2. The van der Waals surface area contributed by atoms with Crippen molar-refractivity contribution in [3.05, 3.63) is 29.3 Å². The van der Waals surface area contributed by atoms with E-state index < -0.39 is 0 Å². The highest BCUT2D eigenvalue weighted by atomic mass is 35.5. The highest BCUT2D eigenvalue weighted by Gasteiger charge is 2.12. The largest absolute Gasteiger partial charge is 0.328 e. The number of rotatable bonds is 7. The number of nitrogens with zero attached hydrogens (tertiary/aromatic N) is 2. The Bertz CT molecular complexity index is 604. The van der Waals surface area contributed by atoms with Gasteiger partial charge in [0.15, 0.2) is 0 Å². The zero-order valence-corrected chi connectivity index (χ0v) is 13.9. The van der Waals surface area contributed by atoms with Gasteiger partial charge >= 0.3 is 0 Å². The van der Waals surface area contributed by atoms with Gasteiger partial charge in [0, 0.05) is 24.9 Å². The number of fused-ring (bicyclic) bond motifs is 1. The number of halogens is 2. The third kappa shape index (κ3) is 3.97. The van der Waals surface area contributed by atoms with E-state index in [2.05, 4.69) is 23.4 Å². The molecule has 0 unspecified atom stereocenters. The smallest absolute Gasteiger partial charge is 0.128 e. The lowest BCUT2D eigenvalue weighted by atomic mass is 10.1. The number of alkyl halides is 1. The second-order valence-electron chi connectivity index (χ2n) is 6.10. The Kier molecular flexibility index (Phi) is 5.63. The molecule has 1 aromatic carbocycles. The molecule has 0 saturated heterocycles. The van der Waals surface area contributed by atoms with Crippen LogP contribution in [0.5, 0.6) is 0 Å². The zero-order valence-electron chi connectivity index (χ0n) is 13.1. The topological polar surface area (TPSA) is 17.8 Å². The zero-order chi connectivity index (χ0) is 15.4. The maximum Gasteiger partial charge on any atom is 0.128 e. The normalized spacial score (nSPS) is 11.7. The Balaban J connectivity index is 2.25. The number of imidazole rings is 1. The van der Waals surface area contributed by atoms with Crippen molar-refractivity contribution in [3.63, 3.8) is 0 Å². The lowest BCUT2D eigenvalue weighted by molar-refractivity contribution is 0.508. The fourth-order valence-corrected chi connectivity index (χ4v) is 2.82. The van der Waals surface area contributed by atoms with Gasteiger partial charge in [-0.1, -0.05) is 26.7 Å². The van der Waals surface area contributed by atoms with Crippen molar-refractivity contribution in [3.8, 4) is 0 Å². The van der Waals surface area contributed by atoms with Gasteiger partial charge in [-0.25, -0.2) is 9.37 Å².